The van der Waals surface area contributed by atoms with Gasteiger partial charge in [-0.15, -0.1) is 10.2 Å². The van der Waals surface area contributed by atoms with Crippen LogP contribution in [0, 0.1) is 13.8 Å². The highest BCUT2D eigenvalue weighted by Crippen LogP contribution is 2.33. The lowest BCUT2D eigenvalue weighted by atomic mass is 10.1. The lowest BCUT2D eigenvalue weighted by Gasteiger charge is -2.00. The van der Waals surface area contributed by atoms with Gasteiger partial charge in [0, 0.05) is 11.8 Å². The lowest BCUT2D eigenvalue weighted by molar-refractivity contribution is 1.10. The number of hydrogen-bond donors (Lipinski definition) is 0. The van der Waals surface area contributed by atoms with Gasteiger partial charge in [0.15, 0.2) is 5.82 Å². The molecule has 0 N–H and O–H groups in total. The molecule has 0 bridgehead atoms. The molecule has 0 saturated heterocycles. The minimum atomic E-state index is 0.742. The number of rotatable bonds is 3. The van der Waals surface area contributed by atoms with Gasteiger partial charge in [0.1, 0.15) is 11.3 Å². The number of hydrogen-bond acceptors (Lipinski definition) is 3. The van der Waals surface area contributed by atoms with E-state index >= 15 is 0 Å². The average Bonchev–Trinajstić information content (AvgIpc) is 3.01. The van der Waals surface area contributed by atoms with E-state index in [9.17, 15) is 0 Å². The van der Waals surface area contributed by atoms with Crippen molar-refractivity contribution in [3.05, 3.63) is 84.1 Å². The Morgan fingerprint density at radius 3 is 2.48 bits per heavy atom. The molecule has 4 heteroatoms. The highest BCUT2D eigenvalue weighted by atomic mass is 15.2. The van der Waals surface area contributed by atoms with Crippen molar-refractivity contribution in [2.75, 3.05) is 0 Å². The first-order chi connectivity index (χ1) is 12.2. The van der Waals surface area contributed by atoms with Crippen LogP contribution in [0.2, 0.25) is 0 Å². The maximum atomic E-state index is 4.82. The summed E-state index contributed by atoms with van der Waals surface area (Å²) in [6.45, 7) is 4.10. The quantitative estimate of drug-likeness (QED) is 0.424. The molecule has 0 aliphatic rings. The maximum absolute atomic E-state index is 4.82. The smallest absolute Gasteiger partial charge is 0.187 e. The van der Waals surface area contributed by atoms with Crippen LogP contribution >= 0.6 is 0 Å². The average molecular weight is 326 g/mol. The van der Waals surface area contributed by atoms with Crippen LogP contribution in [0.4, 0.5) is 11.5 Å². The fourth-order valence-electron chi connectivity index (χ4n) is 2.87. The highest BCUT2D eigenvalue weighted by Gasteiger charge is 2.14. The second kappa shape index (κ2) is 6.32. The lowest BCUT2D eigenvalue weighted by Crippen LogP contribution is -1.85. The topological polar surface area (TPSA) is 42.0 Å². The van der Waals surface area contributed by atoms with E-state index in [-0.39, 0.29) is 0 Å². The van der Waals surface area contributed by atoms with Gasteiger partial charge in [-0.05, 0) is 43.2 Å². The van der Waals surface area contributed by atoms with Crippen LogP contribution in [0.3, 0.4) is 0 Å². The Hall–Kier alpha value is -3.27. The molecule has 0 fully saturated rings. The minimum Gasteiger partial charge on any atom is -0.282 e. The van der Waals surface area contributed by atoms with E-state index < -0.39 is 0 Å². The third-order valence-electron chi connectivity index (χ3n) is 4.13. The Labute approximate surface area is 146 Å². The van der Waals surface area contributed by atoms with E-state index in [4.69, 9.17) is 4.98 Å². The van der Waals surface area contributed by atoms with Gasteiger partial charge >= 0.3 is 0 Å². The van der Waals surface area contributed by atoms with E-state index in [0.29, 0.717) is 0 Å². The summed E-state index contributed by atoms with van der Waals surface area (Å²) in [5.41, 5.74) is 5.88. The maximum Gasteiger partial charge on any atom is 0.187 e. The molecule has 2 aromatic heterocycles. The SMILES string of the molecule is Cc1cccc(N=Nc2c(-c3ccccc3)nc3c(C)cccn23)c1. The number of azo groups is 1. The molecule has 25 heavy (non-hydrogen) atoms. The molecule has 4 nitrogen and oxygen atoms in total. The predicted octanol–water partition coefficient (Wildman–Crippen LogP) is 6.03. The van der Waals surface area contributed by atoms with Crippen LogP contribution in [0.5, 0.6) is 0 Å². The third-order valence-corrected chi connectivity index (χ3v) is 4.13. The second-order valence-corrected chi connectivity index (χ2v) is 6.07. The van der Waals surface area contributed by atoms with E-state index in [2.05, 4.69) is 23.2 Å². The fourth-order valence-corrected chi connectivity index (χ4v) is 2.87. The number of benzene rings is 2. The normalized spacial score (nSPS) is 11.4. The van der Waals surface area contributed by atoms with Crippen LogP contribution in [-0.2, 0) is 0 Å². The van der Waals surface area contributed by atoms with Gasteiger partial charge < -0.3 is 0 Å². The molecule has 0 unspecified atom stereocenters. The van der Waals surface area contributed by atoms with Gasteiger partial charge in [-0.2, -0.15) is 0 Å². The van der Waals surface area contributed by atoms with Crippen molar-refractivity contribution in [2.24, 2.45) is 10.2 Å². The number of fused-ring (bicyclic) bond motifs is 1. The van der Waals surface area contributed by atoms with Crippen molar-refractivity contribution in [3.63, 3.8) is 0 Å². The van der Waals surface area contributed by atoms with E-state index in [1.165, 1.54) is 0 Å². The molecule has 0 aliphatic carbocycles. The predicted molar refractivity (Wildman–Crippen MR) is 101 cm³/mol. The summed E-state index contributed by atoms with van der Waals surface area (Å²) in [5.74, 6) is 0.742. The Kier molecular flexibility index (Phi) is 3.86. The summed E-state index contributed by atoms with van der Waals surface area (Å²) >= 11 is 0. The van der Waals surface area contributed by atoms with E-state index in [1.807, 2.05) is 78.2 Å². The first kappa shape index (κ1) is 15.3. The van der Waals surface area contributed by atoms with Crippen LogP contribution in [0.25, 0.3) is 16.9 Å². The Morgan fingerprint density at radius 2 is 1.68 bits per heavy atom. The largest absolute Gasteiger partial charge is 0.282 e. The summed E-state index contributed by atoms with van der Waals surface area (Å²) in [4.78, 5) is 4.82. The van der Waals surface area contributed by atoms with Crippen LogP contribution in [0.15, 0.2) is 83.2 Å². The van der Waals surface area contributed by atoms with Crippen LogP contribution < -0.4 is 0 Å². The first-order valence-corrected chi connectivity index (χ1v) is 8.24. The molecule has 2 heterocycles. The molecule has 4 aromatic rings. The van der Waals surface area contributed by atoms with Crippen LogP contribution in [-0.4, -0.2) is 9.38 Å². The van der Waals surface area contributed by atoms with Gasteiger partial charge in [0.2, 0.25) is 0 Å². The second-order valence-electron chi connectivity index (χ2n) is 6.07. The Bertz CT molecular complexity index is 1060. The molecule has 4 rings (SSSR count). The van der Waals surface area contributed by atoms with Crippen molar-refractivity contribution in [1.82, 2.24) is 9.38 Å². The van der Waals surface area contributed by atoms with Crippen molar-refractivity contribution in [1.29, 1.82) is 0 Å². The molecule has 0 spiro atoms. The zero-order valence-corrected chi connectivity index (χ0v) is 14.2. The summed E-state index contributed by atoms with van der Waals surface area (Å²) < 4.78 is 2.00. The molecule has 122 valence electrons. The molecular weight excluding hydrogens is 308 g/mol. The standard InChI is InChI=1S/C21H18N4/c1-15-8-6-12-18(14-15)23-24-21-19(17-10-4-3-5-11-17)22-20-16(2)9-7-13-25(20)21/h3-14H,1-2H3. The van der Waals surface area contributed by atoms with Gasteiger partial charge in [-0.3, -0.25) is 4.40 Å². The Morgan fingerprint density at radius 1 is 0.840 bits per heavy atom. The zero-order chi connectivity index (χ0) is 17.2. The summed E-state index contributed by atoms with van der Waals surface area (Å²) in [6, 6.07) is 22.2. The molecule has 0 amide bonds. The molecule has 0 radical (unpaired) electrons. The molecule has 0 saturated carbocycles. The number of nitrogens with zero attached hydrogens (tertiary/aromatic N) is 4. The number of pyridine rings is 1. The van der Waals surface area contributed by atoms with Crippen molar-refractivity contribution in [2.45, 2.75) is 13.8 Å². The number of aryl methyl sites for hydroxylation is 2. The molecule has 0 aliphatic heterocycles. The van der Waals surface area contributed by atoms with Crippen molar-refractivity contribution < 1.29 is 0 Å². The summed E-state index contributed by atoms with van der Waals surface area (Å²) in [6.07, 6.45) is 1.98. The first-order valence-electron chi connectivity index (χ1n) is 8.24. The summed E-state index contributed by atoms with van der Waals surface area (Å²) in [5, 5.41) is 8.99. The van der Waals surface area contributed by atoms with Gasteiger partial charge in [-0.1, -0.05) is 48.5 Å². The summed E-state index contributed by atoms with van der Waals surface area (Å²) in [7, 11) is 0. The van der Waals surface area contributed by atoms with Gasteiger partial charge in [-0.25, -0.2) is 4.98 Å². The zero-order valence-electron chi connectivity index (χ0n) is 14.2. The Balaban J connectivity index is 1.90. The van der Waals surface area contributed by atoms with E-state index in [0.717, 1.165) is 39.5 Å². The third kappa shape index (κ3) is 2.94. The minimum absolute atomic E-state index is 0.742. The van der Waals surface area contributed by atoms with Gasteiger partial charge in [0.25, 0.3) is 0 Å². The fraction of sp³-hybridized carbons (Fsp3) is 0.0952. The van der Waals surface area contributed by atoms with Crippen molar-refractivity contribution in [3.8, 4) is 11.3 Å². The van der Waals surface area contributed by atoms with Crippen LogP contribution in [0.1, 0.15) is 11.1 Å². The van der Waals surface area contributed by atoms with E-state index in [1.54, 1.807) is 0 Å². The van der Waals surface area contributed by atoms with Crippen molar-refractivity contribution >= 4 is 17.2 Å². The number of imidazole rings is 1. The number of aromatic nitrogens is 2. The molecule has 2 aromatic carbocycles. The highest BCUT2D eigenvalue weighted by molar-refractivity contribution is 5.75. The molecular formula is C21H18N4. The monoisotopic (exact) mass is 326 g/mol. The van der Waals surface area contributed by atoms with Gasteiger partial charge in [0.05, 0.1) is 5.69 Å². The molecule has 0 atom stereocenters.